The van der Waals surface area contributed by atoms with Gasteiger partial charge in [0.2, 0.25) is 0 Å². The maximum atomic E-state index is 14.2. The van der Waals surface area contributed by atoms with Crippen LogP contribution in [0.2, 0.25) is 5.02 Å². The van der Waals surface area contributed by atoms with E-state index in [1.165, 1.54) is 28.5 Å². The molecule has 0 amide bonds. The number of hydrogen-bond acceptors (Lipinski definition) is 3. The molecular formula is C16H19ClFNO2S. The molecule has 0 N–H and O–H groups in total. The van der Waals surface area contributed by atoms with Crippen molar-refractivity contribution in [2.75, 3.05) is 5.75 Å². The topological polar surface area (TPSA) is 35.1 Å². The molecule has 2 rings (SSSR count). The van der Waals surface area contributed by atoms with E-state index in [0.29, 0.717) is 10.8 Å². The number of benzene rings is 1. The third-order valence-electron chi connectivity index (χ3n) is 3.04. The lowest BCUT2D eigenvalue weighted by molar-refractivity contribution is 0.380. The van der Waals surface area contributed by atoms with Crippen LogP contribution in [-0.4, -0.2) is 10.3 Å². The van der Waals surface area contributed by atoms with Gasteiger partial charge in [0.15, 0.2) is 0 Å². The van der Waals surface area contributed by atoms with Crippen molar-refractivity contribution in [3.63, 3.8) is 0 Å². The van der Waals surface area contributed by atoms with Gasteiger partial charge in [-0.3, -0.25) is 0 Å². The lowest BCUT2D eigenvalue weighted by atomic mass is 9.94. The molecule has 120 valence electrons. The Labute approximate surface area is 138 Å². The molecule has 0 saturated carbocycles. The Bertz CT molecular complexity index is 731. The van der Waals surface area contributed by atoms with Gasteiger partial charge in [-0.2, -0.15) is 0 Å². The fourth-order valence-electron chi connectivity index (χ4n) is 2.03. The van der Waals surface area contributed by atoms with Crippen molar-refractivity contribution in [1.29, 1.82) is 0 Å². The second-order valence-corrected chi connectivity index (χ2v) is 7.55. The summed E-state index contributed by atoms with van der Waals surface area (Å²) in [4.78, 5) is 12.3. The minimum Gasteiger partial charge on any atom is -0.411 e. The van der Waals surface area contributed by atoms with Crippen molar-refractivity contribution in [2.24, 2.45) is 0 Å². The maximum Gasteiger partial charge on any atom is 0.424 e. The number of rotatable bonds is 4. The van der Waals surface area contributed by atoms with E-state index in [9.17, 15) is 9.18 Å². The van der Waals surface area contributed by atoms with Gasteiger partial charge in [0.05, 0.1) is 5.69 Å². The predicted molar refractivity (Wildman–Crippen MR) is 89.0 cm³/mol. The van der Waals surface area contributed by atoms with Crippen LogP contribution in [-0.2, 0) is 5.41 Å². The number of oxazole rings is 1. The molecule has 0 radical (unpaired) electrons. The Morgan fingerprint density at radius 3 is 2.59 bits per heavy atom. The Morgan fingerprint density at radius 1 is 1.36 bits per heavy atom. The first-order valence-corrected chi connectivity index (χ1v) is 8.46. The lowest BCUT2D eigenvalue weighted by Gasteiger charge is -2.17. The molecule has 2 aromatic rings. The van der Waals surface area contributed by atoms with Crippen molar-refractivity contribution < 1.29 is 8.81 Å². The molecule has 1 heterocycles. The zero-order valence-corrected chi connectivity index (χ0v) is 14.6. The van der Waals surface area contributed by atoms with E-state index in [1.54, 1.807) is 6.07 Å². The van der Waals surface area contributed by atoms with Gasteiger partial charge in [-0.1, -0.05) is 39.3 Å². The summed E-state index contributed by atoms with van der Waals surface area (Å²) < 4.78 is 21.0. The van der Waals surface area contributed by atoms with Crippen molar-refractivity contribution in [3.8, 4) is 5.69 Å². The number of hydrogen-bond donors (Lipinski definition) is 0. The van der Waals surface area contributed by atoms with Gasteiger partial charge in [0, 0.05) is 10.4 Å². The average molecular weight is 344 g/mol. The summed E-state index contributed by atoms with van der Waals surface area (Å²) in [5, 5.41) is 0.942. The molecule has 0 aliphatic heterocycles. The van der Waals surface area contributed by atoms with E-state index in [-0.39, 0.29) is 16.1 Å². The summed E-state index contributed by atoms with van der Waals surface area (Å²) >= 11 is 7.29. The predicted octanol–water partition coefficient (Wildman–Crippen LogP) is 5.02. The summed E-state index contributed by atoms with van der Waals surface area (Å²) in [6.07, 6.45) is 0.941. The largest absolute Gasteiger partial charge is 0.424 e. The molecule has 0 saturated heterocycles. The monoisotopic (exact) mass is 343 g/mol. The van der Waals surface area contributed by atoms with Crippen LogP contribution in [0.5, 0.6) is 0 Å². The summed E-state index contributed by atoms with van der Waals surface area (Å²) in [6, 6.07) is 4.25. The Balaban J connectivity index is 2.69. The van der Waals surface area contributed by atoms with Gasteiger partial charge in [-0.05, 0) is 30.4 Å². The summed E-state index contributed by atoms with van der Waals surface area (Å²) in [5.41, 5.74) is -0.184. The molecule has 22 heavy (non-hydrogen) atoms. The van der Waals surface area contributed by atoms with Crippen LogP contribution in [0.4, 0.5) is 4.39 Å². The summed E-state index contributed by atoms with van der Waals surface area (Å²) in [6.45, 7) is 7.94. The minimum atomic E-state index is -0.579. The normalized spacial score (nSPS) is 11.9. The zero-order chi connectivity index (χ0) is 16.5. The van der Waals surface area contributed by atoms with Crippen molar-refractivity contribution in [2.45, 2.75) is 44.6 Å². The molecule has 0 aliphatic carbocycles. The van der Waals surface area contributed by atoms with Crippen LogP contribution in [0.15, 0.2) is 32.4 Å². The number of halogens is 2. The molecule has 0 fully saturated rings. The summed E-state index contributed by atoms with van der Waals surface area (Å²) in [5.74, 6) is 0.265. The third-order valence-corrected chi connectivity index (χ3v) is 4.53. The van der Waals surface area contributed by atoms with Gasteiger partial charge < -0.3 is 4.42 Å². The van der Waals surface area contributed by atoms with E-state index < -0.39 is 11.6 Å². The SMILES string of the molecule is CCCSc1c(C(C)(C)C)oc(=O)n1-c1ccc(Cl)cc1F. The van der Waals surface area contributed by atoms with E-state index in [4.69, 9.17) is 16.0 Å². The highest BCUT2D eigenvalue weighted by Crippen LogP contribution is 2.34. The highest BCUT2D eigenvalue weighted by atomic mass is 35.5. The number of aromatic nitrogens is 1. The molecule has 1 aromatic carbocycles. The minimum absolute atomic E-state index is 0.159. The molecule has 0 aliphatic rings. The smallest absolute Gasteiger partial charge is 0.411 e. The quantitative estimate of drug-likeness (QED) is 0.731. The molecule has 0 spiro atoms. The summed E-state index contributed by atoms with van der Waals surface area (Å²) in [7, 11) is 0. The van der Waals surface area contributed by atoms with Crippen LogP contribution in [0.3, 0.4) is 0 Å². The van der Waals surface area contributed by atoms with Crippen LogP contribution in [0, 0.1) is 5.82 Å². The molecule has 0 bridgehead atoms. The molecule has 0 unspecified atom stereocenters. The van der Waals surface area contributed by atoms with Gasteiger partial charge in [-0.25, -0.2) is 13.8 Å². The highest BCUT2D eigenvalue weighted by Gasteiger charge is 2.28. The van der Waals surface area contributed by atoms with Gasteiger partial charge in [0.1, 0.15) is 16.6 Å². The fraction of sp³-hybridized carbons (Fsp3) is 0.438. The number of thioether (sulfide) groups is 1. The van der Waals surface area contributed by atoms with Gasteiger partial charge >= 0.3 is 5.76 Å². The first kappa shape index (κ1) is 17.2. The van der Waals surface area contributed by atoms with E-state index in [2.05, 4.69) is 6.92 Å². The van der Waals surface area contributed by atoms with Crippen LogP contribution in [0.1, 0.15) is 39.9 Å². The van der Waals surface area contributed by atoms with Crippen molar-refractivity contribution in [3.05, 3.63) is 45.3 Å². The van der Waals surface area contributed by atoms with Crippen molar-refractivity contribution >= 4 is 23.4 Å². The van der Waals surface area contributed by atoms with Gasteiger partial charge in [-0.15, -0.1) is 11.8 Å². The van der Waals surface area contributed by atoms with Gasteiger partial charge in [0.25, 0.3) is 0 Å². The third kappa shape index (κ3) is 3.41. The molecular weight excluding hydrogens is 325 g/mol. The molecule has 1 aromatic heterocycles. The maximum absolute atomic E-state index is 14.2. The lowest BCUT2D eigenvalue weighted by Crippen LogP contribution is -2.15. The van der Waals surface area contributed by atoms with E-state index in [1.807, 2.05) is 20.8 Å². The van der Waals surface area contributed by atoms with Crippen LogP contribution in [0.25, 0.3) is 5.69 Å². The Kier molecular flexibility index (Phi) is 5.07. The highest BCUT2D eigenvalue weighted by molar-refractivity contribution is 7.99. The zero-order valence-electron chi connectivity index (χ0n) is 13.1. The van der Waals surface area contributed by atoms with Crippen molar-refractivity contribution in [1.82, 2.24) is 4.57 Å². The first-order chi connectivity index (χ1) is 10.3. The van der Waals surface area contributed by atoms with Crippen LogP contribution < -0.4 is 5.76 Å². The Hall–Kier alpha value is -1.20. The Morgan fingerprint density at radius 2 is 2.05 bits per heavy atom. The second-order valence-electron chi connectivity index (χ2n) is 6.03. The van der Waals surface area contributed by atoms with E-state index >= 15 is 0 Å². The molecule has 3 nitrogen and oxygen atoms in total. The standard InChI is InChI=1S/C16H19ClFNO2S/c1-5-8-22-14-13(16(2,3)4)21-15(20)19(14)12-7-6-10(17)9-11(12)18/h6-7,9H,5,8H2,1-4H3. The first-order valence-electron chi connectivity index (χ1n) is 7.10. The fourth-order valence-corrected chi connectivity index (χ4v) is 3.37. The average Bonchev–Trinajstić information content (AvgIpc) is 2.73. The second kappa shape index (κ2) is 6.50. The molecule has 0 atom stereocenters. The van der Waals surface area contributed by atoms with Crippen LogP contribution >= 0.6 is 23.4 Å². The number of nitrogens with zero attached hydrogens (tertiary/aromatic N) is 1. The molecule has 6 heteroatoms. The van der Waals surface area contributed by atoms with E-state index in [0.717, 1.165) is 12.2 Å².